The maximum absolute atomic E-state index is 11.2. The Balaban J connectivity index is 1.57. The lowest BCUT2D eigenvalue weighted by atomic mass is 9.68. The molecule has 1 saturated carbocycles. The highest BCUT2D eigenvalue weighted by Crippen LogP contribution is 2.47. The molecule has 1 aromatic carbocycles. The van der Waals surface area contributed by atoms with Gasteiger partial charge in [0.05, 0.1) is 0 Å². The third-order valence-electron chi connectivity index (χ3n) is 5.06. The van der Waals surface area contributed by atoms with Crippen LogP contribution in [0.3, 0.4) is 0 Å². The van der Waals surface area contributed by atoms with Gasteiger partial charge >= 0.3 is 0 Å². The zero-order chi connectivity index (χ0) is 16.3. The third kappa shape index (κ3) is 3.66. The Morgan fingerprint density at radius 3 is 2.78 bits per heavy atom. The molecular formula is C18H26N4O. The summed E-state index contributed by atoms with van der Waals surface area (Å²) in [4.78, 5) is 18.0. The van der Waals surface area contributed by atoms with Crippen LogP contribution in [0.4, 0.5) is 5.69 Å². The zero-order valence-corrected chi connectivity index (χ0v) is 14.1. The fourth-order valence-electron chi connectivity index (χ4n) is 3.68. The monoisotopic (exact) mass is 314 g/mol. The van der Waals surface area contributed by atoms with E-state index in [4.69, 9.17) is 0 Å². The minimum Gasteiger partial charge on any atom is -0.352 e. The number of nitrogens with one attached hydrogen (secondary N) is 2. The topological polar surface area (TPSA) is 56.7 Å². The van der Waals surface area contributed by atoms with E-state index in [1.807, 2.05) is 25.2 Å². The second-order valence-corrected chi connectivity index (χ2v) is 6.81. The summed E-state index contributed by atoms with van der Waals surface area (Å²) in [5, 5.41) is 6.28. The van der Waals surface area contributed by atoms with Crippen LogP contribution in [-0.4, -0.2) is 36.9 Å². The first-order chi connectivity index (χ1) is 11.1. The fourth-order valence-corrected chi connectivity index (χ4v) is 3.68. The van der Waals surface area contributed by atoms with E-state index in [0.717, 1.165) is 30.3 Å². The lowest BCUT2D eigenvalue weighted by Gasteiger charge is -2.38. The first-order valence-electron chi connectivity index (χ1n) is 8.42. The van der Waals surface area contributed by atoms with E-state index in [9.17, 15) is 4.79 Å². The average molecular weight is 314 g/mol. The van der Waals surface area contributed by atoms with Gasteiger partial charge in [0.1, 0.15) is 0 Å². The van der Waals surface area contributed by atoms with Crippen molar-refractivity contribution in [3.63, 3.8) is 0 Å². The Hall–Kier alpha value is -2.04. The van der Waals surface area contributed by atoms with Crippen molar-refractivity contribution in [3.8, 4) is 0 Å². The first-order valence-corrected chi connectivity index (χ1v) is 8.42. The van der Waals surface area contributed by atoms with Gasteiger partial charge in [-0.15, -0.1) is 0 Å². The van der Waals surface area contributed by atoms with Crippen molar-refractivity contribution in [3.05, 3.63) is 29.8 Å². The van der Waals surface area contributed by atoms with Gasteiger partial charge in [-0.2, -0.15) is 0 Å². The smallest absolute Gasteiger partial charge is 0.221 e. The second kappa shape index (κ2) is 6.60. The lowest BCUT2D eigenvalue weighted by molar-refractivity contribution is -0.114. The number of rotatable bonds is 3. The van der Waals surface area contributed by atoms with Crippen LogP contribution in [0.25, 0.3) is 0 Å². The molecule has 23 heavy (non-hydrogen) atoms. The molecule has 2 fully saturated rings. The number of hydrogen-bond acceptors (Lipinski definition) is 2. The molecule has 5 nitrogen and oxygen atoms in total. The van der Waals surface area contributed by atoms with Crippen molar-refractivity contribution in [2.45, 2.75) is 39.2 Å². The Bertz CT molecular complexity index is 607. The van der Waals surface area contributed by atoms with Gasteiger partial charge in [0.15, 0.2) is 5.96 Å². The van der Waals surface area contributed by atoms with E-state index < -0.39 is 0 Å². The molecule has 1 heterocycles. The SMILES string of the molecule is CN=C(NCc1cccc(NC(C)=O)c1)N1CCC2(CCC2)C1. The molecule has 124 valence electrons. The second-order valence-electron chi connectivity index (χ2n) is 6.81. The number of benzene rings is 1. The molecule has 1 saturated heterocycles. The van der Waals surface area contributed by atoms with Crippen molar-refractivity contribution in [2.75, 3.05) is 25.5 Å². The minimum absolute atomic E-state index is 0.0474. The lowest BCUT2D eigenvalue weighted by Crippen LogP contribution is -2.42. The maximum atomic E-state index is 11.2. The number of guanidine groups is 1. The molecule has 0 aromatic heterocycles. The Kier molecular flexibility index (Phi) is 4.55. The summed E-state index contributed by atoms with van der Waals surface area (Å²) in [6.45, 7) is 4.48. The minimum atomic E-state index is -0.0474. The number of anilines is 1. The number of likely N-dealkylation sites (tertiary alicyclic amines) is 1. The highest BCUT2D eigenvalue weighted by molar-refractivity contribution is 5.88. The van der Waals surface area contributed by atoms with Gasteiger partial charge in [-0.05, 0) is 42.4 Å². The van der Waals surface area contributed by atoms with Crippen molar-refractivity contribution in [2.24, 2.45) is 10.4 Å². The Morgan fingerprint density at radius 2 is 2.17 bits per heavy atom. The van der Waals surface area contributed by atoms with Gasteiger partial charge in [-0.3, -0.25) is 9.79 Å². The molecule has 0 unspecified atom stereocenters. The van der Waals surface area contributed by atoms with Crippen LogP contribution in [0.1, 0.15) is 38.2 Å². The number of hydrogen-bond donors (Lipinski definition) is 2. The van der Waals surface area contributed by atoms with Crippen molar-refractivity contribution >= 4 is 17.6 Å². The highest BCUT2D eigenvalue weighted by atomic mass is 16.1. The van der Waals surface area contributed by atoms with Gasteiger partial charge in [0.25, 0.3) is 0 Å². The summed E-state index contributed by atoms with van der Waals surface area (Å²) in [6.07, 6.45) is 5.43. The van der Waals surface area contributed by atoms with Crippen LogP contribution >= 0.6 is 0 Å². The molecule has 0 atom stereocenters. The number of carbonyl (C=O) groups excluding carboxylic acids is 1. The fraction of sp³-hybridized carbons (Fsp3) is 0.556. The summed E-state index contributed by atoms with van der Waals surface area (Å²) < 4.78 is 0. The number of amides is 1. The number of aliphatic imine (C=N–C) groups is 1. The van der Waals surface area contributed by atoms with Crippen LogP contribution in [0.5, 0.6) is 0 Å². The average Bonchev–Trinajstić information content (AvgIpc) is 2.93. The summed E-state index contributed by atoms with van der Waals surface area (Å²) >= 11 is 0. The molecule has 1 aromatic rings. The van der Waals surface area contributed by atoms with Crippen LogP contribution in [0, 0.1) is 5.41 Å². The van der Waals surface area contributed by atoms with Crippen molar-refractivity contribution in [1.82, 2.24) is 10.2 Å². The van der Waals surface area contributed by atoms with Gasteiger partial charge in [-0.1, -0.05) is 18.6 Å². The molecule has 1 aliphatic heterocycles. The van der Waals surface area contributed by atoms with E-state index in [2.05, 4.69) is 26.6 Å². The molecule has 0 radical (unpaired) electrons. The molecule has 2 N–H and O–H groups in total. The van der Waals surface area contributed by atoms with Crippen molar-refractivity contribution in [1.29, 1.82) is 0 Å². The molecule has 1 spiro atoms. The molecule has 3 rings (SSSR count). The molecular weight excluding hydrogens is 288 g/mol. The summed E-state index contributed by atoms with van der Waals surface area (Å²) in [6, 6.07) is 7.92. The summed E-state index contributed by atoms with van der Waals surface area (Å²) in [7, 11) is 1.85. The number of nitrogens with zero attached hydrogens (tertiary/aromatic N) is 2. The predicted molar refractivity (Wildman–Crippen MR) is 93.4 cm³/mol. The van der Waals surface area contributed by atoms with Crippen LogP contribution in [0.15, 0.2) is 29.3 Å². The van der Waals surface area contributed by atoms with Crippen LogP contribution in [-0.2, 0) is 11.3 Å². The first kappa shape index (κ1) is 15.8. The predicted octanol–water partition coefficient (Wildman–Crippen LogP) is 2.60. The quantitative estimate of drug-likeness (QED) is 0.666. The summed E-state index contributed by atoms with van der Waals surface area (Å²) in [5.41, 5.74) is 2.54. The summed E-state index contributed by atoms with van der Waals surface area (Å²) in [5.74, 6) is 0.937. The molecule has 1 aliphatic carbocycles. The van der Waals surface area contributed by atoms with Crippen LogP contribution in [0.2, 0.25) is 0 Å². The molecule has 1 amide bonds. The normalized spacial score (nSPS) is 19.6. The largest absolute Gasteiger partial charge is 0.352 e. The van der Waals surface area contributed by atoms with Gasteiger partial charge in [0.2, 0.25) is 5.91 Å². The zero-order valence-electron chi connectivity index (χ0n) is 14.1. The molecule has 5 heteroatoms. The van der Waals surface area contributed by atoms with Gasteiger partial charge in [0, 0.05) is 39.3 Å². The van der Waals surface area contributed by atoms with Gasteiger partial charge in [-0.25, -0.2) is 0 Å². The van der Waals surface area contributed by atoms with E-state index in [1.165, 1.54) is 32.6 Å². The van der Waals surface area contributed by atoms with E-state index in [0.29, 0.717) is 12.0 Å². The standard InChI is InChI=1S/C18H26N4O/c1-14(23)21-16-6-3-5-15(11-16)12-20-17(19-2)22-10-9-18(13-22)7-4-8-18/h3,5-6,11H,4,7-10,12-13H2,1-2H3,(H,19,20)(H,21,23). The Morgan fingerprint density at radius 1 is 1.35 bits per heavy atom. The third-order valence-corrected chi connectivity index (χ3v) is 5.06. The Labute approximate surface area is 138 Å². The number of carbonyl (C=O) groups is 1. The van der Waals surface area contributed by atoms with Gasteiger partial charge < -0.3 is 15.5 Å². The van der Waals surface area contributed by atoms with Crippen LogP contribution < -0.4 is 10.6 Å². The maximum Gasteiger partial charge on any atom is 0.221 e. The van der Waals surface area contributed by atoms with E-state index >= 15 is 0 Å². The highest BCUT2D eigenvalue weighted by Gasteiger charge is 2.43. The van der Waals surface area contributed by atoms with E-state index in [-0.39, 0.29) is 5.91 Å². The van der Waals surface area contributed by atoms with Crippen molar-refractivity contribution < 1.29 is 4.79 Å². The van der Waals surface area contributed by atoms with E-state index in [1.54, 1.807) is 0 Å². The molecule has 0 bridgehead atoms. The molecule has 2 aliphatic rings.